The Bertz CT molecular complexity index is 245. The van der Waals surface area contributed by atoms with E-state index in [1.54, 1.807) is 0 Å². The van der Waals surface area contributed by atoms with Gasteiger partial charge in [0.25, 0.3) is 0 Å². The van der Waals surface area contributed by atoms with Crippen molar-refractivity contribution in [2.45, 2.75) is 38.6 Å². The molecule has 16 heavy (non-hydrogen) atoms. The molecule has 1 atom stereocenters. The molecule has 0 spiro atoms. The van der Waals surface area contributed by atoms with Crippen LogP contribution in [0.5, 0.6) is 0 Å². The zero-order chi connectivity index (χ0) is 12.4. The molecule has 98 valence electrons. The van der Waals surface area contributed by atoms with Gasteiger partial charge in [-0.2, -0.15) is 11.8 Å². The largest absolute Gasteiger partial charge is 0.314 e. The third-order valence-electron chi connectivity index (χ3n) is 2.42. The molecule has 0 bridgehead atoms. The minimum Gasteiger partial charge on any atom is -0.314 e. The van der Waals surface area contributed by atoms with Gasteiger partial charge in [0, 0.05) is 18.1 Å². The van der Waals surface area contributed by atoms with E-state index in [0.29, 0.717) is 11.8 Å². The summed E-state index contributed by atoms with van der Waals surface area (Å²) in [5.74, 6) is 1.46. The van der Waals surface area contributed by atoms with Crippen LogP contribution in [0.15, 0.2) is 0 Å². The maximum Gasteiger partial charge on any atom is 0.147 e. The van der Waals surface area contributed by atoms with Crippen molar-refractivity contribution in [3.05, 3.63) is 0 Å². The van der Waals surface area contributed by atoms with Crippen LogP contribution in [0.2, 0.25) is 0 Å². The van der Waals surface area contributed by atoms with Gasteiger partial charge < -0.3 is 5.32 Å². The summed E-state index contributed by atoms with van der Waals surface area (Å²) in [4.78, 5) is 0. The van der Waals surface area contributed by atoms with Crippen molar-refractivity contribution in [3.8, 4) is 0 Å². The van der Waals surface area contributed by atoms with Crippen molar-refractivity contribution in [3.63, 3.8) is 0 Å². The zero-order valence-electron chi connectivity index (χ0n) is 10.7. The van der Waals surface area contributed by atoms with Crippen LogP contribution >= 0.6 is 11.8 Å². The number of sulfone groups is 1. The van der Waals surface area contributed by atoms with Crippen LogP contribution in [0, 0.1) is 0 Å². The Balaban J connectivity index is 3.81. The SMILES string of the molecule is CCCNC(CCCS(C)(=O)=O)CCSC. The van der Waals surface area contributed by atoms with Crippen molar-refractivity contribution >= 4 is 21.6 Å². The molecule has 0 saturated carbocycles. The summed E-state index contributed by atoms with van der Waals surface area (Å²) in [6.07, 6.45) is 7.41. The minimum absolute atomic E-state index is 0.316. The van der Waals surface area contributed by atoms with Crippen molar-refractivity contribution in [1.29, 1.82) is 0 Å². The predicted octanol–water partition coefficient (Wildman–Crippen LogP) is 1.93. The zero-order valence-corrected chi connectivity index (χ0v) is 12.3. The van der Waals surface area contributed by atoms with Crippen LogP contribution in [0.25, 0.3) is 0 Å². The molecular weight excluding hydrogens is 242 g/mol. The Morgan fingerprint density at radius 1 is 1.31 bits per heavy atom. The van der Waals surface area contributed by atoms with Crippen molar-refractivity contribution in [2.75, 3.05) is 30.6 Å². The summed E-state index contributed by atoms with van der Waals surface area (Å²) in [5.41, 5.74) is 0. The van der Waals surface area contributed by atoms with E-state index in [1.165, 1.54) is 6.26 Å². The fourth-order valence-corrected chi connectivity index (χ4v) is 2.76. The van der Waals surface area contributed by atoms with Crippen LogP contribution in [0.1, 0.15) is 32.6 Å². The van der Waals surface area contributed by atoms with Gasteiger partial charge in [0.2, 0.25) is 0 Å². The highest BCUT2D eigenvalue weighted by atomic mass is 32.2. The molecule has 1 unspecified atom stereocenters. The van der Waals surface area contributed by atoms with Crippen molar-refractivity contribution < 1.29 is 8.42 Å². The second kappa shape index (κ2) is 9.31. The van der Waals surface area contributed by atoms with Gasteiger partial charge in [0.05, 0.1) is 0 Å². The Hall–Kier alpha value is 0.260. The quantitative estimate of drug-likeness (QED) is 0.657. The molecule has 0 aliphatic heterocycles. The number of thioether (sulfide) groups is 1. The summed E-state index contributed by atoms with van der Waals surface area (Å²) in [7, 11) is -2.79. The summed E-state index contributed by atoms with van der Waals surface area (Å²) in [6, 6.07) is 0.481. The van der Waals surface area contributed by atoms with E-state index in [1.807, 2.05) is 11.8 Å². The molecule has 0 fully saturated rings. The molecule has 0 aliphatic rings. The molecular formula is C11H25NO2S2. The fourth-order valence-electron chi connectivity index (χ4n) is 1.55. The van der Waals surface area contributed by atoms with E-state index in [2.05, 4.69) is 18.5 Å². The van der Waals surface area contributed by atoms with E-state index in [-0.39, 0.29) is 0 Å². The maximum absolute atomic E-state index is 11.0. The van der Waals surface area contributed by atoms with Gasteiger partial charge in [-0.3, -0.25) is 0 Å². The third-order valence-corrected chi connectivity index (χ3v) is 4.10. The molecule has 0 aromatic heterocycles. The van der Waals surface area contributed by atoms with Gasteiger partial charge in [-0.15, -0.1) is 0 Å². The summed E-state index contributed by atoms with van der Waals surface area (Å²) in [5, 5.41) is 3.48. The molecule has 0 aromatic carbocycles. The first kappa shape index (κ1) is 16.3. The molecule has 3 nitrogen and oxygen atoms in total. The standard InChI is InChI=1S/C11H25NO2S2/c1-4-8-12-11(7-9-15-2)6-5-10-16(3,13)14/h11-12H,4-10H2,1-3H3. The second-order valence-corrected chi connectivity index (χ2v) is 7.45. The molecule has 0 heterocycles. The average Bonchev–Trinajstić information content (AvgIpc) is 2.19. The molecule has 0 aromatic rings. The molecule has 0 aliphatic carbocycles. The number of rotatable bonds is 10. The number of hydrogen-bond donors (Lipinski definition) is 1. The lowest BCUT2D eigenvalue weighted by Gasteiger charge is -2.17. The first-order valence-corrected chi connectivity index (χ1v) is 9.35. The fraction of sp³-hybridized carbons (Fsp3) is 1.00. The highest BCUT2D eigenvalue weighted by Crippen LogP contribution is 2.07. The molecule has 0 rings (SSSR count). The first-order valence-electron chi connectivity index (χ1n) is 5.89. The molecule has 1 N–H and O–H groups in total. The normalized spacial score (nSPS) is 13.9. The van der Waals surface area contributed by atoms with E-state index >= 15 is 0 Å². The van der Waals surface area contributed by atoms with Crippen LogP contribution < -0.4 is 5.32 Å². The van der Waals surface area contributed by atoms with E-state index in [4.69, 9.17) is 0 Å². The number of hydrogen-bond acceptors (Lipinski definition) is 4. The second-order valence-electron chi connectivity index (χ2n) is 4.20. The molecule has 0 amide bonds. The Morgan fingerprint density at radius 3 is 2.50 bits per heavy atom. The average molecular weight is 267 g/mol. The monoisotopic (exact) mass is 267 g/mol. The van der Waals surface area contributed by atoms with Crippen LogP contribution in [0.4, 0.5) is 0 Å². The maximum atomic E-state index is 11.0. The topological polar surface area (TPSA) is 46.2 Å². The highest BCUT2D eigenvalue weighted by Gasteiger charge is 2.09. The van der Waals surface area contributed by atoms with Crippen molar-refractivity contribution in [2.24, 2.45) is 0 Å². The van der Waals surface area contributed by atoms with E-state index < -0.39 is 9.84 Å². The Kier molecular flexibility index (Phi) is 9.46. The van der Waals surface area contributed by atoms with E-state index in [9.17, 15) is 8.42 Å². The summed E-state index contributed by atoms with van der Waals surface area (Å²) >= 11 is 1.84. The lowest BCUT2D eigenvalue weighted by Crippen LogP contribution is -2.30. The summed E-state index contributed by atoms with van der Waals surface area (Å²) in [6.45, 7) is 3.17. The summed E-state index contributed by atoms with van der Waals surface area (Å²) < 4.78 is 22.0. The van der Waals surface area contributed by atoms with Crippen LogP contribution in [-0.2, 0) is 9.84 Å². The predicted molar refractivity (Wildman–Crippen MR) is 74.0 cm³/mol. The van der Waals surface area contributed by atoms with Crippen LogP contribution in [0.3, 0.4) is 0 Å². The Morgan fingerprint density at radius 2 is 2.00 bits per heavy atom. The number of nitrogens with one attached hydrogen (secondary N) is 1. The smallest absolute Gasteiger partial charge is 0.147 e. The van der Waals surface area contributed by atoms with Crippen LogP contribution in [-0.4, -0.2) is 45.0 Å². The van der Waals surface area contributed by atoms with Gasteiger partial charge in [0.1, 0.15) is 9.84 Å². The highest BCUT2D eigenvalue weighted by molar-refractivity contribution is 7.98. The van der Waals surface area contributed by atoms with Gasteiger partial charge in [0.15, 0.2) is 0 Å². The van der Waals surface area contributed by atoms with Gasteiger partial charge >= 0.3 is 0 Å². The lowest BCUT2D eigenvalue weighted by molar-refractivity contribution is 0.466. The first-order chi connectivity index (χ1) is 7.49. The van der Waals surface area contributed by atoms with E-state index in [0.717, 1.165) is 38.0 Å². The molecule has 0 radical (unpaired) electrons. The Labute approximate surface area is 105 Å². The molecule has 5 heteroatoms. The third kappa shape index (κ3) is 10.8. The van der Waals surface area contributed by atoms with Gasteiger partial charge in [-0.25, -0.2) is 8.42 Å². The lowest BCUT2D eigenvalue weighted by atomic mass is 10.1. The minimum atomic E-state index is -2.79. The van der Waals surface area contributed by atoms with Crippen molar-refractivity contribution in [1.82, 2.24) is 5.32 Å². The molecule has 0 saturated heterocycles. The van der Waals surface area contributed by atoms with Gasteiger partial charge in [-0.05, 0) is 44.2 Å². The van der Waals surface area contributed by atoms with Gasteiger partial charge in [-0.1, -0.05) is 6.92 Å².